The first-order chi connectivity index (χ1) is 14.6. The van der Waals surface area contributed by atoms with Gasteiger partial charge in [0.15, 0.2) is 6.10 Å². The van der Waals surface area contributed by atoms with E-state index in [-0.39, 0.29) is 18.3 Å². The SMILES string of the molecule is CC1(C)OC(C(=O)N[C@H]2COc3cc(C(F)(F)F)ccc32)c2cnc3ccccc3c21. The number of nitrogens with zero attached hydrogens (tertiary/aromatic N) is 1. The summed E-state index contributed by atoms with van der Waals surface area (Å²) in [7, 11) is 0. The molecule has 160 valence electrons. The molecule has 1 amide bonds. The number of nitrogens with one attached hydrogen (secondary N) is 1. The number of carbonyl (C=O) groups excluding carboxylic acids is 1. The number of carbonyl (C=O) groups is 1. The number of amides is 1. The van der Waals surface area contributed by atoms with Crippen molar-refractivity contribution in [1.82, 2.24) is 10.3 Å². The molecule has 0 fully saturated rings. The fraction of sp³-hybridized carbons (Fsp3) is 0.304. The van der Waals surface area contributed by atoms with Gasteiger partial charge in [-0.3, -0.25) is 9.78 Å². The molecule has 0 saturated heterocycles. The highest BCUT2D eigenvalue weighted by atomic mass is 19.4. The summed E-state index contributed by atoms with van der Waals surface area (Å²) in [5, 5.41) is 3.79. The summed E-state index contributed by atoms with van der Waals surface area (Å²) in [6, 6.07) is 10.4. The third kappa shape index (κ3) is 3.22. The van der Waals surface area contributed by atoms with E-state index in [1.165, 1.54) is 6.07 Å². The Morgan fingerprint density at radius 2 is 1.94 bits per heavy atom. The van der Waals surface area contributed by atoms with Gasteiger partial charge in [-0.1, -0.05) is 24.3 Å². The van der Waals surface area contributed by atoms with Crippen LogP contribution in [0.5, 0.6) is 5.75 Å². The van der Waals surface area contributed by atoms with E-state index >= 15 is 0 Å². The number of fused-ring (bicyclic) bond motifs is 4. The van der Waals surface area contributed by atoms with Crippen molar-refractivity contribution in [2.24, 2.45) is 0 Å². The molecule has 3 heterocycles. The number of ether oxygens (including phenoxy) is 2. The van der Waals surface area contributed by atoms with Gasteiger partial charge < -0.3 is 14.8 Å². The Morgan fingerprint density at radius 1 is 1.16 bits per heavy atom. The van der Waals surface area contributed by atoms with Crippen molar-refractivity contribution in [3.63, 3.8) is 0 Å². The minimum absolute atomic E-state index is 0.0569. The number of rotatable bonds is 2. The minimum atomic E-state index is -4.46. The highest BCUT2D eigenvalue weighted by Gasteiger charge is 2.44. The van der Waals surface area contributed by atoms with E-state index in [2.05, 4.69) is 10.3 Å². The maximum atomic E-state index is 13.1. The van der Waals surface area contributed by atoms with E-state index in [1.54, 1.807) is 6.20 Å². The second-order valence-corrected chi connectivity index (χ2v) is 8.24. The summed E-state index contributed by atoms with van der Waals surface area (Å²) >= 11 is 0. The first-order valence-electron chi connectivity index (χ1n) is 9.85. The van der Waals surface area contributed by atoms with E-state index in [0.29, 0.717) is 11.1 Å². The van der Waals surface area contributed by atoms with Crippen LogP contribution in [0.15, 0.2) is 48.7 Å². The molecule has 2 aliphatic heterocycles. The van der Waals surface area contributed by atoms with Crippen LogP contribution in [0.25, 0.3) is 10.9 Å². The van der Waals surface area contributed by atoms with Gasteiger partial charge in [-0.25, -0.2) is 0 Å². The van der Waals surface area contributed by atoms with Gasteiger partial charge in [0.25, 0.3) is 5.91 Å². The number of para-hydroxylation sites is 1. The normalized spacial score (nSPS) is 21.5. The van der Waals surface area contributed by atoms with Crippen molar-refractivity contribution in [3.05, 3.63) is 70.9 Å². The zero-order chi connectivity index (χ0) is 22.0. The summed E-state index contributed by atoms with van der Waals surface area (Å²) in [6.07, 6.45) is -3.67. The molecule has 2 atom stereocenters. The zero-order valence-corrected chi connectivity index (χ0v) is 16.8. The zero-order valence-electron chi connectivity index (χ0n) is 16.8. The summed E-state index contributed by atoms with van der Waals surface area (Å²) in [5.41, 5.74) is 1.44. The van der Waals surface area contributed by atoms with Crippen LogP contribution < -0.4 is 10.1 Å². The maximum absolute atomic E-state index is 13.1. The first-order valence-corrected chi connectivity index (χ1v) is 9.85. The van der Waals surface area contributed by atoms with E-state index in [9.17, 15) is 18.0 Å². The molecule has 8 heteroatoms. The smallest absolute Gasteiger partial charge is 0.416 e. The van der Waals surface area contributed by atoms with Crippen LogP contribution in [0.1, 0.15) is 48.2 Å². The van der Waals surface area contributed by atoms with Gasteiger partial charge in [0.05, 0.1) is 22.7 Å². The van der Waals surface area contributed by atoms with Gasteiger partial charge in [-0.15, -0.1) is 0 Å². The fourth-order valence-electron chi connectivity index (χ4n) is 4.39. The average Bonchev–Trinajstić information content (AvgIpc) is 3.25. The molecular weight excluding hydrogens is 409 g/mol. The molecule has 0 radical (unpaired) electrons. The molecule has 5 rings (SSSR count). The highest BCUT2D eigenvalue weighted by Crippen LogP contribution is 2.46. The lowest BCUT2D eigenvalue weighted by Gasteiger charge is -2.22. The van der Waals surface area contributed by atoms with Gasteiger partial charge >= 0.3 is 6.18 Å². The monoisotopic (exact) mass is 428 g/mol. The van der Waals surface area contributed by atoms with Crippen LogP contribution in [-0.2, 0) is 21.3 Å². The number of hydrogen-bond donors (Lipinski definition) is 1. The largest absolute Gasteiger partial charge is 0.491 e. The Labute approximate surface area is 176 Å². The molecule has 5 nitrogen and oxygen atoms in total. The van der Waals surface area contributed by atoms with Crippen molar-refractivity contribution >= 4 is 16.8 Å². The molecule has 1 N–H and O–H groups in total. The lowest BCUT2D eigenvalue weighted by Crippen LogP contribution is -2.34. The van der Waals surface area contributed by atoms with E-state index in [1.807, 2.05) is 38.1 Å². The van der Waals surface area contributed by atoms with Gasteiger partial charge in [0.2, 0.25) is 0 Å². The van der Waals surface area contributed by atoms with Gasteiger partial charge in [-0.2, -0.15) is 13.2 Å². The first kappa shape index (κ1) is 19.8. The molecule has 0 spiro atoms. The lowest BCUT2D eigenvalue weighted by atomic mass is 9.91. The summed E-state index contributed by atoms with van der Waals surface area (Å²) < 4.78 is 50.4. The summed E-state index contributed by atoms with van der Waals surface area (Å²) in [6.45, 7) is 3.86. The van der Waals surface area contributed by atoms with Crippen LogP contribution >= 0.6 is 0 Å². The molecule has 31 heavy (non-hydrogen) atoms. The Morgan fingerprint density at radius 3 is 2.71 bits per heavy atom. The fourth-order valence-corrected chi connectivity index (χ4v) is 4.39. The molecule has 0 saturated carbocycles. The third-order valence-electron chi connectivity index (χ3n) is 5.78. The Hall–Kier alpha value is -3.13. The van der Waals surface area contributed by atoms with Crippen LogP contribution in [-0.4, -0.2) is 17.5 Å². The van der Waals surface area contributed by atoms with E-state index in [0.717, 1.165) is 28.6 Å². The van der Waals surface area contributed by atoms with Crippen LogP contribution in [0.2, 0.25) is 0 Å². The van der Waals surface area contributed by atoms with Crippen LogP contribution in [0.3, 0.4) is 0 Å². The molecule has 0 bridgehead atoms. The molecule has 0 aliphatic carbocycles. The Bertz CT molecular complexity index is 1210. The number of hydrogen-bond acceptors (Lipinski definition) is 4. The predicted molar refractivity (Wildman–Crippen MR) is 106 cm³/mol. The number of pyridine rings is 1. The lowest BCUT2D eigenvalue weighted by molar-refractivity contribution is -0.141. The van der Waals surface area contributed by atoms with E-state index in [4.69, 9.17) is 9.47 Å². The Balaban J connectivity index is 1.43. The molecular formula is C23H19F3N2O3. The third-order valence-corrected chi connectivity index (χ3v) is 5.78. The molecule has 2 aromatic carbocycles. The standard InChI is InChI=1S/C23H19F3N2O3/c1-22(2)19-14-5-3-4-6-16(14)27-10-15(19)20(31-22)21(29)28-17-11-30-18-9-12(23(24,25)26)7-8-13(17)18/h3-10,17,20H,11H2,1-2H3,(H,28,29)/t17-,20?/m0/s1. The number of halogens is 3. The molecule has 2 aliphatic rings. The molecule has 3 aromatic rings. The van der Waals surface area contributed by atoms with Gasteiger partial charge in [0.1, 0.15) is 12.4 Å². The van der Waals surface area contributed by atoms with Gasteiger partial charge in [0, 0.05) is 28.3 Å². The van der Waals surface area contributed by atoms with Crippen molar-refractivity contribution in [2.75, 3.05) is 6.61 Å². The Kier molecular flexibility index (Phi) is 4.27. The van der Waals surface area contributed by atoms with Crippen LogP contribution in [0.4, 0.5) is 13.2 Å². The predicted octanol–water partition coefficient (Wildman–Crippen LogP) is 4.81. The van der Waals surface area contributed by atoms with E-state index < -0.39 is 29.5 Å². The van der Waals surface area contributed by atoms with Crippen LogP contribution in [0, 0.1) is 0 Å². The van der Waals surface area contributed by atoms with Crippen molar-refractivity contribution in [3.8, 4) is 5.75 Å². The second-order valence-electron chi connectivity index (χ2n) is 8.24. The minimum Gasteiger partial charge on any atom is -0.491 e. The van der Waals surface area contributed by atoms with Crippen molar-refractivity contribution in [2.45, 2.75) is 37.8 Å². The molecule has 1 unspecified atom stereocenters. The average molecular weight is 428 g/mol. The quantitative estimate of drug-likeness (QED) is 0.637. The summed E-state index contributed by atoms with van der Waals surface area (Å²) in [4.78, 5) is 17.6. The summed E-state index contributed by atoms with van der Waals surface area (Å²) in [5.74, 6) is -0.258. The second kappa shape index (κ2) is 6.68. The topological polar surface area (TPSA) is 60.5 Å². The number of alkyl halides is 3. The number of benzene rings is 2. The van der Waals surface area contributed by atoms with Crippen molar-refractivity contribution < 1.29 is 27.4 Å². The van der Waals surface area contributed by atoms with Crippen molar-refractivity contribution in [1.29, 1.82) is 0 Å². The molecule has 1 aromatic heterocycles. The number of aromatic nitrogens is 1. The highest BCUT2D eigenvalue weighted by molar-refractivity contribution is 5.90. The maximum Gasteiger partial charge on any atom is 0.416 e. The van der Waals surface area contributed by atoms with Gasteiger partial charge in [-0.05, 0) is 32.0 Å².